The van der Waals surface area contributed by atoms with Crippen LogP contribution in [0.2, 0.25) is 0 Å². The van der Waals surface area contributed by atoms with E-state index in [2.05, 4.69) is 41.5 Å². The maximum atomic E-state index is 4.57. The fourth-order valence-electron chi connectivity index (χ4n) is 2.72. The Morgan fingerprint density at radius 1 is 1.18 bits per heavy atom. The smallest absolute Gasteiger partial charge is 0.0725 e. The van der Waals surface area contributed by atoms with Crippen LogP contribution in [0, 0.1) is 6.92 Å². The number of benzene rings is 1. The van der Waals surface area contributed by atoms with E-state index in [1.807, 2.05) is 6.07 Å². The zero-order valence-electron chi connectivity index (χ0n) is 10.2. The number of aromatic nitrogens is 1. The molecule has 1 aromatic heterocycles. The van der Waals surface area contributed by atoms with Gasteiger partial charge in [0.15, 0.2) is 0 Å². The van der Waals surface area contributed by atoms with E-state index in [1.54, 1.807) is 0 Å². The predicted octanol–water partition coefficient (Wildman–Crippen LogP) is 3.90. The molecule has 2 heteroatoms. The molecule has 1 aromatic carbocycles. The van der Waals surface area contributed by atoms with Crippen LogP contribution in [0.5, 0.6) is 0 Å². The van der Waals surface area contributed by atoms with E-state index < -0.39 is 0 Å². The lowest BCUT2D eigenvalue weighted by molar-refractivity contribution is 0.756. The zero-order chi connectivity index (χ0) is 11.7. The molecular weight excluding hydrogens is 208 g/mol. The van der Waals surface area contributed by atoms with E-state index >= 15 is 0 Å². The molecule has 1 aliphatic carbocycles. The molecule has 1 N–H and O–H groups in total. The van der Waals surface area contributed by atoms with Crippen LogP contribution in [0.4, 0.5) is 5.69 Å². The van der Waals surface area contributed by atoms with Crippen molar-refractivity contribution in [2.24, 2.45) is 0 Å². The number of nitrogens with zero attached hydrogens (tertiary/aromatic N) is 1. The van der Waals surface area contributed by atoms with Crippen molar-refractivity contribution in [3.05, 3.63) is 36.0 Å². The third-order valence-electron chi connectivity index (χ3n) is 3.56. The van der Waals surface area contributed by atoms with Crippen molar-refractivity contribution in [1.29, 1.82) is 0 Å². The molecule has 3 rings (SSSR count). The molecule has 2 aromatic rings. The summed E-state index contributed by atoms with van der Waals surface area (Å²) in [7, 11) is 0. The number of hydrogen-bond acceptors (Lipinski definition) is 2. The van der Waals surface area contributed by atoms with Crippen LogP contribution in [-0.2, 0) is 0 Å². The molecule has 0 radical (unpaired) electrons. The molecule has 0 amide bonds. The Labute approximate surface area is 102 Å². The minimum absolute atomic E-state index is 0.653. The van der Waals surface area contributed by atoms with Crippen LogP contribution >= 0.6 is 0 Å². The van der Waals surface area contributed by atoms with Crippen LogP contribution < -0.4 is 5.32 Å². The maximum absolute atomic E-state index is 4.57. The molecule has 1 heterocycles. The SMILES string of the molecule is Cc1cc(NC2CCCC2)c2ccccc2n1. The topological polar surface area (TPSA) is 24.9 Å². The van der Waals surface area contributed by atoms with Gasteiger partial charge in [-0.3, -0.25) is 4.98 Å². The average molecular weight is 226 g/mol. The summed E-state index contributed by atoms with van der Waals surface area (Å²) in [6.45, 7) is 2.06. The molecule has 2 nitrogen and oxygen atoms in total. The molecule has 1 fully saturated rings. The highest BCUT2D eigenvalue weighted by molar-refractivity contribution is 5.91. The van der Waals surface area contributed by atoms with Gasteiger partial charge in [0.1, 0.15) is 0 Å². The van der Waals surface area contributed by atoms with E-state index in [0.717, 1.165) is 11.2 Å². The number of nitrogens with one attached hydrogen (secondary N) is 1. The van der Waals surface area contributed by atoms with Crippen LogP contribution in [0.3, 0.4) is 0 Å². The Bertz CT molecular complexity index is 527. The maximum Gasteiger partial charge on any atom is 0.0725 e. The standard InChI is InChI=1S/C15H18N2/c1-11-10-15(17-12-6-2-3-7-12)13-8-4-5-9-14(13)16-11/h4-5,8-10,12H,2-3,6-7H2,1H3,(H,16,17). The Hall–Kier alpha value is -1.57. The Kier molecular flexibility index (Phi) is 2.71. The molecule has 0 aliphatic heterocycles. The molecule has 0 atom stereocenters. The van der Waals surface area contributed by atoms with Gasteiger partial charge < -0.3 is 5.32 Å². The van der Waals surface area contributed by atoms with Crippen molar-refractivity contribution in [2.45, 2.75) is 38.6 Å². The van der Waals surface area contributed by atoms with Gasteiger partial charge in [-0.15, -0.1) is 0 Å². The van der Waals surface area contributed by atoms with Crippen molar-refractivity contribution < 1.29 is 0 Å². The summed E-state index contributed by atoms with van der Waals surface area (Å²) in [6, 6.07) is 11.2. The fraction of sp³-hybridized carbons (Fsp3) is 0.400. The summed E-state index contributed by atoms with van der Waals surface area (Å²) in [6.07, 6.45) is 5.32. The summed E-state index contributed by atoms with van der Waals surface area (Å²) in [4.78, 5) is 4.57. The number of fused-ring (bicyclic) bond motifs is 1. The first-order chi connectivity index (χ1) is 8.33. The largest absolute Gasteiger partial charge is 0.382 e. The third kappa shape index (κ3) is 2.12. The number of hydrogen-bond donors (Lipinski definition) is 1. The fourth-order valence-corrected chi connectivity index (χ4v) is 2.72. The molecule has 1 aliphatic rings. The molecule has 0 saturated heterocycles. The summed E-state index contributed by atoms with van der Waals surface area (Å²) in [5, 5.41) is 4.93. The highest BCUT2D eigenvalue weighted by atomic mass is 14.9. The van der Waals surface area contributed by atoms with Gasteiger partial charge in [0.05, 0.1) is 5.52 Å². The van der Waals surface area contributed by atoms with Crippen molar-refractivity contribution in [2.75, 3.05) is 5.32 Å². The number of rotatable bonds is 2. The van der Waals surface area contributed by atoms with Gasteiger partial charge in [0.2, 0.25) is 0 Å². The first-order valence-corrected chi connectivity index (χ1v) is 6.46. The van der Waals surface area contributed by atoms with E-state index in [1.165, 1.54) is 36.8 Å². The minimum atomic E-state index is 0.653. The Morgan fingerprint density at radius 2 is 1.94 bits per heavy atom. The van der Waals surface area contributed by atoms with E-state index in [-0.39, 0.29) is 0 Å². The van der Waals surface area contributed by atoms with Gasteiger partial charge >= 0.3 is 0 Å². The van der Waals surface area contributed by atoms with Gasteiger partial charge in [0.25, 0.3) is 0 Å². The van der Waals surface area contributed by atoms with Crippen LogP contribution in [0.15, 0.2) is 30.3 Å². The second-order valence-corrected chi connectivity index (χ2v) is 4.95. The van der Waals surface area contributed by atoms with Crippen molar-refractivity contribution in [3.63, 3.8) is 0 Å². The number of para-hydroxylation sites is 1. The summed E-state index contributed by atoms with van der Waals surface area (Å²) in [5.41, 5.74) is 3.43. The lowest BCUT2D eigenvalue weighted by Gasteiger charge is -2.16. The molecule has 1 saturated carbocycles. The molecule has 0 spiro atoms. The van der Waals surface area contributed by atoms with E-state index in [9.17, 15) is 0 Å². The Balaban J connectivity index is 2.01. The molecule has 88 valence electrons. The van der Waals surface area contributed by atoms with Crippen LogP contribution in [0.25, 0.3) is 10.9 Å². The second-order valence-electron chi connectivity index (χ2n) is 4.95. The van der Waals surface area contributed by atoms with Gasteiger partial charge in [-0.25, -0.2) is 0 Å². The van der Waals surface area contributed by atoms with Crippen molar-refractivity contribution >= 4 is 16.6 Å². The molecular formula is C15H18N2. The predicted molar refractivity (Wildman–Crippen MR) is 72.4 cm³/mol. The van der Waals surface area contributed by atoms with Crippen LogP contribution in [0.1, 0.15) is 31.4 Å². The summed E-state index contributed by atoms with van der Waals surface area (Å²) < 4.78 is 0. The zero-order valence-corrected chi connectivity index (χ0v) is 10.2. The van der Waals surface area contributed by atoms with Crippen molar-refractivity contribution in [1.82, 2.24) is 4.98 Å². The van der Waals surface area contributed by atoms with Gasteiger partial charge in [-0.1, -0.05) is 31.0 Å². The number of aryl methyl sites for hydroxylation is 1. The quantitative estimate of drug-likeness (QED) is 0.840. The monoisotopic (exact) mass is 226 g/mol. The normalized spacial score (nSPS) is 16.5. The highest BCUT2D eigenvalue weighted by Gasteiger charge is 2.15. The Morgan fingerprint density at radius 3 is 2.76 bits per heavy atom. The summed E-state index contributed by atoms with van der Waals surface area (Å²) >= 11 is 0. The van der Waals surface area contributed by atoms with Gasteiger partial charge in [-0.2, -0.15) is 0 Å². The first kappa shape index (κ1) is 10.6. The lowest BCUT2D eigenvalue weighted by atomic mass is 10.1. The lowest BCUT2D eigenvalue weighted by Crippen LogP contribution is -2.14. The van der Waals surface area contributed by atoms with Crippen LogP contribution in [-0.4, -0.2) is 11.0 Å². The van der Waals surface area contributed by atoms with Crippen molar-refractivity contribution in [3.8, 4) is 0 Å². The summed E-state index contributed by atoms with van der Waals surface area (Å²) in [5.74, 6) is 0. The average Bonchev–Trinajstić information content (AvgIpc) is 2.81. The van der Waals surface area contributed by atoms with Gasteiger partial charge in [0, 0.05) is 22.8 Å². The molecule has 0 bridgehead atoms. The van der Waals surface area contributed by atoms with E-state index in [4.69, 9.17) is 0 Å². The van der Waals surface area contributed by atoms with Gasteiger partial charge in [-0.05, 0) is 31.9 Å². The minimum Gasteiger partial charge on any atom is -0.382 e. The van der Waals surface area contributed by atoms with E-state index in [0.29, 0.717) is 6.04 Å². The first-order valence-electron chi connectivity index (χ1n) is 6.46. The third-order valence-corrected chi connectivity index (χ3v) is 3.56. The highest BCUT2D eigenvalue weighted by Crippen LogP contribution is 2.27. The molecule has 0 unspecified atom stereocenters. The molecule has 17 heavy (non-hydrogen) atoms. The second kappa shape index (κ2) is 4.36. The number of pyridine rings is 1. The number of anilines is 1.